The van der Waals surface area contributed by atoms with Crippen LogP contribution in [-0.2, 0) is 0 Å². The van der Waals surface area contributed by atoms with Crippen molar-refractivity contribution in [3.05, 3.63) is 18.2 Å². The molecule has 0 fully saturated rings. The van der Waals surface area contributed by atoms with Crippen LogP contribution in [0.1, 0.15) is 0 Å². The quantitative estimate of drug-likeness (QED) is 0.766. The normalized spacial score (nSPS) is 11.1. The maximum Gasteiger partial charge on any atom is 0.295 e. The van der Waals surface area contributed by atoms with Crippen molar-refractivity contribution in [2.45, 2.75) is 6.43 Å². The number of hydrogen-bond donors (Lipinski definition) is 2. The predicted molar refractivity (Wildman–Crippen MR) is 52.9 cm³/mol. The number of benzene rings is 1. The van der Waals surface area contributed by atoms with E-state index in [4.69, 9.17) is 10.2 Å². The van der Waals surface area contributed by atoms with Crippen LogP contribution in [0.25, 0.3) is 11.1 Å². The second-order valence-electron chi connectivity index (χ2n) is 2.98. The van der Waals surface area contributed by atoms with Gasteiger partial charge in [0.05, 0.1) is 12.2 Å². The first kappa shape index (κ1) is 9.70. The zero-order valence-electron chi connectivity index (χ0n) is 7.71. The smallest absolute Gasteiger partial charge is 0.295 e. The number of nitrogens with two attached hydrogens (primary N) is 1. The van der Waals surface area contributed by atoms with Crippen molar-refractivity contribution in [2.24, 2.45) is 0 Å². The van der Waals surface area contributed by atoms with Crippen LogP contribution in [0.15, 0.2) is 22.6 Å². The molecule has 2 rings (SSSR count). The van der Waals surface area contributed by atoms with Gasteiger partial charge in [-0.2, -0.15) is 4.98 Å². The zero-order valence-corrected chi connectivity index (χ0v) is 7.71. The standard InChI is InChI=1S/C9H9F2N3O/c10-7(11)4-13-9-14-8-5(12)2-1-3-6(8)15-9/h1-3,7H,4,12H2,(H,13,14). The minimum Gasteiger partial charge on any atom is -0.423 e. The van der Waals surface area contributed by atoms with Crippen LogP contribution in [0.3, 0.4) is 0 Å². The lowest BCUT2D eigenvalue weighted by atomic mass is 10.3. The summed E-state index contributed by atoms with van der Waals surface area (Å²) in [5.41, 5.74) is 7.05. The molecule has 6 heteroatoms. The Morgan fingerprint density at radius 1 is 1.47 bits per heavy atom. The summed E-state index contributed by atoms with van der Waals surface area (Å²) < 4.78 is 29.0. The maximum atomic E-state index is 11.9. The summed E-state index contributed by atoms with van der Waals surface area (Å²) >= 11 is 0. The first-order valence-electron chi connectivity index (χ1n) is 4.34. The second-order valence-corrected chi connectivity index (χ2v) is 2.98. The van der Waals surface area contributed by atoms with Gasteiger partial charge < -0.3 is 15.5 Å². The number of nitrogens with zero attached hydrogens (tertiary/aromatic N) is 1. The molecule has 15 heavy (non-hydrogen) atoms. The van der Waals surface area contributed by atoms with Crippen molar-refractivity contribution in [2.75, 3.05) is 17.6 Å². The van der Waals surface area contributed by atoms with E-state index in [1.54, 1.807) is 18.2 Å². The van der Waals surface area contributed by atoms with Crippen molar-refractivity contribution in [3.8, 4) is 0 Å². The van der Waals surface area contributed by atoms with E-state index in [1.807, 2.05) is 0 Å². The van der Waals surface area contributed by atoms with Crippen LogP contribution >= 0.6 is 0 Å². The lowest BCUT2D eigenvalue weighted by molar-refractivity contribution is 0.162. The van der Waals surface area contributed by atoms with Crippen molar-refractivity contribution < 1.29 is 13.2 Å². The maximum absolute atomic E-state index is 11.9. The summed E-state index contributed by atoms with van der Waals surface area (Å²) in [7, 11) is 0. The third kappa shape index (κ3) is 1.98. The number of aromatic nitrogens is 1. The van der Waals surface area contributed by atoms with Gasteiger partial charge in [0.25, 0.3) is 12.4 Å². The predicted octanol–water partition coefficient (Wildman–Crippen LogP) is 2.09. The van der Waals surface area contributed by atoms with Gasteiger partial charge >= 0.3 is 0 Å². The van der Waals surface area contributed by atoms with Crippen molar-refractivity contribution in [1.82, 2.24) is 4.98 Å². The number of hydrogen-bond acceptors (Lipinski definition) is 4. The molecule has 0 bridgehead atoms. The molecule has 0 aliphatic rings. The molecule has 0 atom stereocenters. The second kappa shape index (κ2) is 3.72. The van der Waals surface area contributed by atoms with E-state index in [0.717, 1.165) is 0 Å². The van der Waals surface area contributed by atoms with Gasteiger partial charge in [-0.05, 0) is 12.1 Å². The van der Waals surface area contributed by atoms with Gasteiger partial charge in [0, 0.05) is 0 Å². The Morgan fingerprint density at radius 3 is 2.93 bits per heavy atom. The summed E-state index contributed by atoms with van der Waals surface area (Å²) in [4.78, 5) is 3.95. The Kier molecular flexibility index (Phi) is 2.40. The molecule has 1 heterocycles. The van der Waals surface area contributed by atoms with Crippen molar-refractivity contribution in [1.29, 1.82) is 0 Å². The first-order chi connectivity index (χ1) is 7.16. The average Bonchev–Trinajstić information content (AvgIpc) is 2.59. The van der Waals surface area contributed by atoms with E-state index in [0.29, 0.717) is 16.8 Å². The van der Waals surface area contributed by atoms with Crippen LogP contribution in [0.5, 0.6) is 0 Å². The highest BCUT2D eigenvalue weighted by Crippen LogP contribution is 2.23. The van der Waals surface area contributed by atoms with Crippen LogP contribution in [0, 0.1) is 0 Å². The molecule has 0 saturated carbocycles. The Balaban J connectivity index is 2.27. The summed E-state index contributed by atoms with van der Waals surface area (Å²) in [6.45, 7) is -0.493. The van der Waals surface area contributed by atoms with Gasteiger partial charge in [-0.3, -0.25) is 0 Å². The minimum absolute atomic E-state index is 0.0585. The molecule has 0 aliphatic carbocycles. The van der Waals surface area contributed by atoms with E-state index in [9.17, 15) is 8.78 Å². The van der Waals surface area contributed by atoms with E-state index < -0.39 is 13.0 Å². The number of nitrogens with one attached hydrogen (secondary N) is 1. The highest BCUT2D eigenvalue weighted by atomic mass is 19.3. The van der Waals surface area contributed by atoms with E-state index in [1.165, 1.54) is 0 Å². The summed E-state index contributed by atoms with van der Waals surface area (Å²) in [6, 6.07) is 5.11. The fourth-order valence-electron chi connectivity index (χ4n) is 1.21. The molecule has 1 aromatic carbocycles. The molecule has 80 valence electrons. The molecular weight excluding hydrogens is 204 g/mol. The van der Waals surface area contributed by atoms with Crippen LogP contribution in [-0.4, -0.2) is 18.0 Å². The molecule has 0 saturated heterocycles. The molecule has 1 aromatic heterocycles. The largest absolute Gasteiger partial charge is 0.423 e. The molecule has 0 spiro atoms. The van der Waals surface area contributed by atoms with Gasteiger partial charge in [0.1, 0.15) is 5.52 Å². The van der Waals surface area contributed by atoms with Crippen molar-refractivity contribution in [3.63, 3.8) is 0 Å². The molecule has 0 unspecified atom stereocenters. The van der Waals surface area contributed by atoms with Gasteiger partial charge in [-0.1, -0.05) is 6.07 Å². The minimum atomic E-state index is -2.45. The Hall–Kier alpha value is -1.85. The van der Waals surface area contributed by atoms with Crippen LogP contribution in [0.4, 0.5) is 20.5 Å². The fourth-order valence-corrected chi connectivity index (χ4v) is 1.21. The van der Waals surface area contributed by atoms with Gasteiger partial charge in [0.15, 0.2) is 5.58 Å². The number of alkyl halides is 2. The molecule has 3 N–H and O–H groups in total. The van der Waals surface area contributed by atoms with Gasteiger partial charge in [-0.15, -0.1) is 0 Å². The van der Waals surface area contributed by atoms with E-state index in [2.05, 4.69) is 10.3 Å². The number of oxazole rings is 1. The summed E-state index contributed by atoms with van der Waals surface area (Å²) in [5.74, 6) is 0. The summed E-state index contributed by atoms with van der Waals surface area (Å²) in [6.07, 6.45) is -2.45. The average molecular weight is 213 g/mol. The number of nitrogen functional groups attached to an aromatic ring is 1. The molecule has 0 amide bonds. The number of para-hydroxylation sites is 1. The van der Waals surface area contributed by atoms with Crippen molar-refractivity contribution >= 4 is 22.8 Å². The first-order valence-corrected chi connectivity index (χ1v) is 4.34. The highest BCUT2D eigenvalue weighted by molar-refractivity contribution is 5.86. The number of fused-ring (bicyclic) bond motifs is 1. The number of halogens is 2. The van der Waals surface area contributed by atoms with Crippen LogP contribution < -0.4 is 11.1 Å². The molecule has 2 aromatic rings. The molecule has 0 aliphatic heterocycles. The third-order valence-electron chi connectivity index (χ3n) is 1.86. The molecule has 4 nitrogen and oxygen atoms in total. The highest BCUT2D eigenvalue weighted by Gasteiger charge is 2.09. The van der Waals surface area contributed by atoms with Gasteiger partial charge in [-0.25, -0.2) is 8.78 Å². The SMILES string of the molecule is Nc1cccc2oc(NCC(F)F)nc12. The Bertz CT molecular complexity index is 469. The zero-order chi connectivity index (χ0) is 10.8. The van der Waals surface area contributed by atoms with Crippen LogP contribution in [0.2, 0.25) is 0 Å². The Labute approximate surface area is 84.1 Å². The van der Waals surface area contributed by atoms with E-state index in [-0.39, 0.29) is 6.01 Å². The monoisotopic (exact) mass is 213 g/mol. The molecular formula is C9H9F2N3O. The third-order valence-corrected chi connectivity index (χ3v) is 1.86. The van der Waals surface area contributed by atoms with E-state index >= 15 is 0 Å². The molecule has 0 radical (unpaired) electrons. The summed E-state index contributed by atoms with van der Waals surface area (Å²) in [5, 5.41) is 2.38. The number of anilines is 2. The number of rotatable bonds is 3. The Morgan fingerprint density at radius 2 is 2.27 bits per heavy atom. The lowest BCUT2D eigenvalue weighted by Crippen LogP contribution is -2.10. The lowest BCUT2D eigenvalue weighted by Gasteiger charge is -1.97. The fraction of sp³-hybridized carbons (Fsp3) is 0.222. The van der Waals surface area contributed by atoms with Gasteiger partial charge in [0.2, 0.25) is 0 Å². The topological polar surface area (TPSA) is 64.1 Å².